The van der Waals surface area contributed by atoms with Crippen molar-refractivity contribution in [1.82, 2.24) is 0 Å². The normalized spacial score (nSPS) is 28.2. The van der Waals surface area contributed by atoms with Crippen LogP contribution in [0.3, 0.4) is 0 Å². The maximum atomic E-state index is 12.9. The highest BCUT2D eigenvalue weighted by Crippen LogP contribution is 2.24. The Morgan fingerprint density at radius 1 is 0.917 bits per heavy atom. The Bertz CT molecular complexity index is 254. The molecule has 0 aliphatic heterocycles. The van der Waals surface area contributed by atoms with Crippen LogP contribution in [0.2, 0.25) is 0 Å². The summed E-state index contributed by atoms with van der Waals surface area (Å²) in [7, 11) is 0. The molecule has 1 aromatic carbocycles. The summed E-state index contributed by atoms with van der Waals surface area (Å²) in [5.41, 5.74) is 1.91. The molecule has 0 spiro atoms. The second kappa shape index (κ2) is 2.85. The van der Waals surface area contributed by atoms with Gasteiger partial charge in [0.1, 0.15) is 12.3 Å². The van der Waals surface area contributed by atoms with Crippen LogP contribution < -0.4 is 0 Å². The van der Waals surface area contributed by atoms with E-state index in [0.29, 0.717) is 0 Å². The minimum Gasteiger partial charge on any atom is -0.244 e. The van der Waals surface area contributed by atoms with Gasteiger partial charge in [0.05, 0.1) is 0 Å². The van der Waals surface area contributed by atoms with Crippen molar-refractivity contribution in [3.63, 3.8) is 0 Å². The number of rotatable bonds is 0. The van der Waals surface area contributed by atoms with Crippen molar-refractivity contribution < 1.29 is 8.78 Å². The van der Waals surface area contributed by atoms with Crippen LogP contribution in [0.5, 0.6) is 0 Å². The van der Waals surface area contributed by atoms with Crippen LogP contribution in [0, 0.1) is 0 Å². The van der Waals surface area contributed by atoms with Crippen molar-refractivity contribution in [3.8, 4) is 0 Å². The molecule has 0 radical (unpaired) electrons. The van der Waals surface area contributed by atoms with Crippen molar-refractivity contribution in [2.24, 2.45) is 0 Å². The highest BCUT2D eigenvalue weighted by atomic mass is 19.2. The first-order valence-corrected chi connectivity index (χ1v) is 4.12. The molecule has 2 rings (SSSR count). The van der Waals surface area contributed by atoms with Crippen LogP contribution in [0.4, 0.5) is 8.78 Å². The third kappa shape index (κ3) is 1.22. The lowest BCUT2D eigenvalue weighted by Gasteiger charge is -2.22. The van der Waals surface area contributed by atoms with E-state index < -0.39 is 12.3 Å². The van der Waals surface area contributed by atoms with Gasteiger partial charge < -0.3 is 0 Å². The van der Waals surface area contributed by atoms with Crippen molar-refractivity contribution in [1.29, 1.82) is 0 Å². The summed E-state index contributed by atoms with van der Waals surface area (Å²) < 4.78 is 25.8. The molecule has 2 atom stereocenters. The molecule has 0 bridgehead atoms. The largest absolute Gasteiger partial charge is 0.244 e. The van der Waals surface area contributed by atoms with Crippen LogP contribution in [0.1, 0.15) is 11.1 Å². The highest BCUT2D eigenvalue weighted by Gasteiger charge is 2.27. The van der Waals surface area contributed by atoms with Gasteiger partial charge in [0.2, 0.25) is 0 Å². The first-order chi connectivity index (χ1) is 5.77. The molecule has 12 heavy (non-hydrogen) atoms. The van der Waals surface area contributed by atoms with E-state index in [4.69, 9.17) is 0 Å². The molecule has 0 saturated carbocycles. The van der Waals surface area contributed by atoms with Gasteiger partial charge in [-0.3, -0.25) is 0 Å². The molecule has 0 amide bonds. The number of hydrogen-bond donors (Lipinski definition) is 0. The topological polar surface area (TPSA) is 0 Å². The number of halogens is 2. The fraction of sp³-hybridized carbons (Fsp3) is 0.400. The predicted octanol–water partition coefficient (Wildman–Crippen LogP) is 2.46. The molecule has 0 heterocycles. The Morgan fingerprint density at radius 3 is 1.75 bits per heavy atom. The predicted molar refractivity (Wildman–Crippen MR) is 43.6 cm³/mol. The van der Waals surface area contributed by atoms with Gasteiger partial charge in [-0.25, -0.2) is 8.78 Å². The van der Waals surface area contributed by atoms with E-state index in [1.807, 2.05) is 24.3 Å². The number of hydrogen-bond acceptors (Lipinski definition) is 0. The quantitative estimate of drug-likeness (QED) is 0.558. The molecule has 1 aromatic rings. The minimum atomic E-state index is -1.31. The van der Waals surface area contributed by atoms with Crippen LogP contribution in [-0.2, 0) is 12.8 Å². The van der Waals surface area contributed by atoms with Gasteiger partial charge >= 0.3 is 0 Å². The van der Waals surface area contributed by atoms with Crippen molar-refractivity contribution >= 4 is 0 Å². The maximum absolute atomic E-state index is 12.9. The Hall–Kier alpha value is -0.920. The summed E-state index contributed by atoms with van der Waals surface area (Å²) in [6, 6.07) is 7.47. The monoisotopic (exact) mass is 168 g/mol. The van der Waals surface area contributed by atoms with Gasteiger partial charge in [0.15, 0.2) is 0 Å². The van der Waals surface area contributed by atoms with E-state index >= 15 is 0 Å². The number of benzene rings is 1. The van der Waals surface area contributed by atoms with E-state index in [2.05, 4.69) is 0 Å². The molecule has 2 heteroatoms. The Labute approximate surface area is 70.2 Å². The smallest absolute Gasteiger partial charge is 0.135 e. The molecular formula is C10H10F2. The molecule has 0 nitrogen and oxygen atoms in total. The highest BCUT2D eigenvalue weighted by molar-refractivity contribution is 5.31. The van der Waals surface area contributed by atoms with E-state index in [1.165, 1.54) is 0 Å². The standard InChI is InChI=1S/C10H10F2/c11-9-5-7-3-1-2-4-8(7)6-10(9)12/h1-4,9-10H,5-6H2. The lowest BCUT2D eigenvalue weighted by Crippen LogP contribution is -2.27. The molecule has 1 aliphatic carbocycles. The second-order valence-corrected chi connectivity index (χ2v) is 3.21. The molecule has 2 unspecified atom stereocenters. The minimum absolute atomic E-state index is 0.233. The summed E-state index contributed by atoms with van der Waals surface area (Å²) in [5, 5.41) is 0. The van der Waals surface area contributed by atoms with E-state index in [1.54, 1.807) is 0 Å². The van der Waals surface area contributed by atoms with E-state index in [9.17, 15) is 8.78 Å². The van der Waals surface area contributed by atoms with Gasteiger partial charge in [-0.15, -0.1) is 0 Å². The molecule has 0 aromatic heterocycles. The summed E-state index contributed by atoms with van der Waals surface area (Å²) in [4.78, 5) is 0. The zero-order valence-corrected chi connectivity index (χ0v) is 6.63. The van der Waals surface area contributed by atoms with Gasteiger partial charge in [0, 0.05) is 12.8 Å². The van der Waals surface area contributed by atoms with Crippen molar-refractivity contribution in [2.75, 3.05) is 0 Å². The zero-order valence-electron chi connectivity index (χ0n) is 6.63. The van der Waals surface area contributed by atoms with Gasteiger partial charge in [-0.2, -0.15) is 0 Å². The van der Waals surface area contributed by atoms with Crippen molar-refractivity contribution in [2.45, 2.75) is 25.2 Å². The van der Waals surface area contributed by atoms with Crippen molar-refractivity contribution in [3.05, 3.63) is 35.4 Å². The average Bonchev–Trinajstić information content (AvgIpc) is 2.07. The molecule has 1 aliphatic rings. The third-order valence-electron chi connectivity index (χ3n) is 2.34. The lowest BCUT2D eigenvalue weighted by atomic mass is 9.89. The molecule has 0 N–H and O–H groups in total. The first-order valence-electron chi connectivity index (χ1n) is 4.12. The third-order valence-corrected chi connectivity index (χ3v) is 2.34. The summed E-state index contributed by atoms with van der Waals surface area (Å²) in [6.07, 6.45) is -2.14. The van der Waals surface area contributed by atoms with E-state index in [0.717, 1.165) is 11.1 Å². The Morgan fingerprint density at radius 2 is 1.33 bits per heavy atom. The van der Waals surface area contributed by atoms with Gasteiger partial charge in [0.25, 0.3) is 0 Å². The Kier molecular flexibility index (Phi) is 1.83. The maximum Gasteiger partial charge on any atom is 0.135 e. The fourth-order valence-corrected chi connectivity index (χ4v) is 1.63. The fourth-order valence-electron chi connectivity index (χ4n) is 1.63. The SMILES string of the molecule is FC1Cc2ccccc2CC1F. The second-order valence-electron chi connectivity index (χ2n) is 3.21. The number of fused-ring (bicyclic) bond motifs is 1. The molecule has 64 valence electrons. The molecular weight excluding hydrogens is 158 g/mol. The Balaban J connectivity index is 2.34. The number of alkyl halides is 2. The molecule has 0 saturated heterocycles. The van der Waals surface area contributed by atoms with Crippen LogP contribution in [0.25, 0.3) is 0 Å². The summed E-state index contributed by atoms with van der Waals surface area (Å²) >= 11 is 0. The summed E-state index contributed by atoms with van der Waals surface area (Å²) in [5.74, 6) is 0. The van der Waals surface area contributed by atoms with Crippen LogP contribution in [0.15, 0.2) is 24.3 Å². The van der Waals surface area contributed by atoms with Crippen LogP contribution in [-0.4, -0.2) is 12.3 Å². The first kappa shape index (κ1) is 7.71. The van der Waals surface area contributed by atoms with Gasteiger partial charge in [-0.05, 0) is 11.1 Å². The zero-order chi connectivity index (χ0) is 8.55. The van der Waals surface area contributed by atoms with Gasteiger partial charge in [-0.1, -0.05) is 24.3 Å². The lowest BCUT2D eigenvalue weighted by molar-refractivity contribution is 0.156. The summed E-state index contributed by atoms with van der Waals surface area (Å²) in [6.45, 7) is 0. The average molecular weight is 168 g/mol. The van der Waals surface area contributed by atoms with E-state index in [-0.39, 0.29) is 12.8 Å². The molecule has 0 fully saturated rings. The van der Waals surface area contributed by atoms with Crippen LogP contribution >= 0.6 is 0 Å².